The minimum atomic E-state index is -1.09. The first-order chi connectivity index (χ1) is 10.5. The highest BCUT2D eigenvalue weighted by atomic mass is 32.2. The summed E-state index contributed by atoms with van der Waals surface area (Å²) in [5, 5.41) is 8.11. The average Bonchev–Trinajstić information content (AvgIpc) is 2.44. The van der Waals surface area contributed by atoms with Crippen molar-refractivity contribution in [3.63, 3.8) is 0 Å². The van der Waals surface area contributed by atoms with Gasteiger partial charge in [0.25, 0.3) is 0 Å². The molecule has 2 amide bonds. The Morgan fingerprint density at radius 2 is 1.91 bits per heavy atom. The first-order valence-corrected chi connectivity index (χ1v) is 7.99. The number of benzene rings is 1. The predicted octanol–water partition coefficient (Wildman–Crippen LogP) is 1.96. The van der Waals surface area contributed by atoms with Gasteiger partial charge in [-0.15, -0.1) is 0 Å². The van der Waals surface area contributed by atoms with Crippen LogP contribution in [0.1, 0.15) is 13.3 Å². The largest absolute Gasteiger partial charge is 0.324 e. The van der Waals surface area contributed by atoms with Gasteiger partial charge in [-0.05, 0) is 0 Å². The van der Waals surface area contributed by atoms with Crippen LogP contribution in [-0.2, 0) is 9.59 Å². The van der Waals surface area contributed by atoms with Gasteiger partial charge in [0.2, 0.25) is 11.8 Å². The number of halogens is 2. The van der Waals surface area contributed by atoms with Gasteiger partial charge in [-0.1, -0.05) is 0 Å². The molecule has 0 radical (unpaired) electrons. The molecule has 1 aliphatic heterocycles. The summed E-state index contributed by atoms with van der Waals surface area (Å²) in [5.74, 6) is -1.11. The zero-order valence-corrected chi connectivity index (χ0v) is 12.9. The van der Waals surface area contributed by atoms with E-state index < -0.39 is 17.5 Å². The third-order valence-electron chi connectivity index (χ3n) is 3.08. The molecule has 1 fully saturated rings. The minimum Gasteiger partial charge on any atom is -0.324 e. The number of amides is 2. The van der Waals surface area contributed by atoms with Crippen molar-refractivity contribution >= 4 is 35.0 Å². The van der Waals surface area contributed by atoms with Crippen molar-refractivity contribution in [3.05, 3.63) is 23.8 Å². The number of carbonyl (C=O) groups excluding carboxylic acids is 2. The molecule has 0 aromatic heterocycles. The van der Waals surface area contributed by atoms with Gasteiger partial charge in [0.05, 0.1) is 11.4 Å². The van der Waals surface area contributed by atoms with Crippen LogP contribution >= 0.6 is 11.8 Å². The molecule has 0 saturated carbocycles. The number of rotatable bonds is 4. The average molecular weight is 329 g/mol. The van der Waals surface area contributed by atoms with E-state index >= 15 is 0 Å². The van der Waals surface area contributed by atoms with E-state index in [2.05, 4.69) is 16.0 Å². The summed E-state index contributed by atoms with van der Waals surface area (Å²) < 4.78 is 26.6. The standard InChI is InChI=1S/C14H17F2N3O2S/c1-8(20)18-12-5-10(15)11(16)6-13(12)19-14(21)4-9-7-22-3-2-17-9/h5-6,9,17H,2-4,7H2,1H3,(H,18,20)(H,19,21). The van der Waals surface area contributed by atoms with Crippen molar-refractivity contribution in [2.75, 3.05) is 28.7 Å². The summed E-state index contributed by atoms with van der Waals surface area (Å²) in [5.41, 5.74) is 0.0771. The first-order valence-electron chi connectivity index (χ1n) is 6.83. The van der Waals surface area contributed by atoms with E-state index in [9.17, 15) is 18.4 Å². The van der Waals surface area contributed by atoms with Crippen LogP contribution in [0, 0.1) is 11.6 Å². The van der Waals surface area contributed by atoms with Crippen molar-refractivity contribution in [1.29, 1.82) is 0 Å². The molecule has 2 rings (SSSR count). The summed E-state index contributed by atoms with van der Waals surface area (Å²) in [6.45, 7) is 2.08. The van der Waals surface area contributed by atoms with E-state index in [1.54, 1.807) is 11.8 Å². The van der Waals surface area contributed by atoms with Crippen LogP contribution in [0.3, 0.4) is 0 Å². The summed E-state index contributed by atoms with van der Waals surface area (Å²) in [6.07, 6.45) is 0.228. The fourth-order valence-corrected chi connectivity index (χ4v) is 3.07. The lowest BCUT2D eigenvalue weighted by Gasteiger charge is -2.22. The van der Waals surface area contributed by atoms with E-state index in [-0.39, 0.29) is 29.7 Å². The highest BCUT2D eigenvalue weighted by molar-refractivity contribution is 7.99. The lowest BCUT2D eigenvalue weighted by Crippen LogP contribution is -2.40. The molecule has 1 aromatic rings. The molecule has 3 N–H and O–H groups in total. The van der Waals surface area contributed by atoms with Crippen LogP contribution in [-0.4, -0.2) is 35.9 Å². The van der Waals surface area contributed by atoms with Crippen molar-refractivity contribution < 1.29 is 18.4 Å². The maximum atomic E-state index is 13.4. The summed E-state index contributed by atoms with van der Waals surface area (Å²) >= 11 is 1.76. The Labute approximate surface area is 131 Å². The van der Waals surface area contributed by atoms with Crippen molar-refractivity contribution in [2.24, 2.45) is 0 Å². The maximum absolute atomic E-state index is 13.4. The zero-order valence-electron chi connectivity index (χ0n) is 12.0. The van der Waals surface area contributed by atoms with Gasteiger partial charge in [0.1, 0.15) is 0 Å². The van der Waals surface area contributed by atoms with Crippen molar-refractivity contribution in [2.45, 2.75) is 19.4 Å². The third-order valence-corrected chi connectivity index (χ3v) is 4.21. The maximum Gasteiger partial charge on any atom is 0.226 e. The number of hydrogen-bond donors (Lipinski definition) is 3. The van der Waals surface area contributed by atoms with E-state index in [0.29, 0.717) is 0 Å². The van der Waals surface area contributed by atoms with Crippen molar-refractivity contribution in [3.8, 4) is 0 Å². The van der Waals surface area contributed by atoms with Crippen LogP contribution in [0.25, 0.3) is 0 Å². The topological polar surface area (TPSA) is 70.2 Å². The Hall–Kier alpha value is -1.67. The van der Waals surface area contributed by atoms with Gasteiger partial charge in [-0.3, -0.25) is 9.59 Å². The quantitative estimate of drug-likeness (QED) is 0.790. The molecule has 5 nitrogen and oxygen atoms in total. The second kappa shape index (κ2) is 7.55. The van der Waals surface area contributed by atoms with Gasteiger partial charge in [0.15, 0.2) is 11.6 Å². The van der Waals surface area contributed by atoms with Gasteiger partial charge >= 0.3 is 0 Å². The third kappa shape index (κ3) is 4.67. The molecular weight excluding hydrogens is 312 g/mol. The molecule has 120 valence electrons. The number of hydrogen-bond acceptors (Lipinski definition) is 4. The fraction of sp³-hybridized carbons (Fsp3) is 0.429. The zero-order chi connectivity index (χ0) is 16.1. The highest BCUT2D eigenvalue weighted by Crippen LogP contribution is 2.25. The van der Waals surface area contributed by atoms with Crippen molar-refractivity contribution in [1.82, 2.24) is 5.32 Å². The lowest BCUT2D eigenvalue weighted by atomic mass is 10.2. The second-order valence-corrected chi connectivity index (χ2v) is 6.12. The van der Waals surface area contributed by atoms with Crippen LogP contribution in [0.5, 0.6) is 0 Å². The Bertz CT molecular complexity index is 577. The Balaban J connectivity index is 2.08. The van der Waals surface area contributed by atoms with Crippen LogP contribution in [0.2, 0.25) is 0 Å². The predicted molar refractivity (Wildman–Crippen MR) is 83.0 cm³/mol. The molecule has 0 aliphatic carbocycles. The van der Waals surface area contributed by atoms with Crippen LogP contribution < -0.4 is 16.0 Å². The molecule has 1 aromatic carbocycles. The summed E-state index contributed by atoms with van der Waals surface area (Å²) in [4.78, 5) is 23.1. The minimum absolute atomic E-state index is 0.0331. The smallest absolute Gasteiger partial charge is 0.226 e. The molecule has 22 heavy (non-hydrogen) atoms. The molecule has 1 aliphatic rings. The second-order valence-electron chi connectivity index (χ2n) is 4.97. The van der Waals surface area contributed by atoms with Gasteiger partial charge < -0.3 is 16.0 Å². The molecule has 1 unspecified atom stereocenters. The number of thioether (sulfide) groups is 1. The molecule has 0 spiro atoms. The molecule has 0 bridgehead atoms. The van der Waals surface area contributed by atoms with Crippen LogP contribution in [0.4, 0.5) is 20.2 Å². The lowest BCUT2D eigenvalue weighted by molar-refractivity contribution is -0.116. The Morgan fingerprint density at radius 1 is 1.27 bits per heavy atom. The number of nitrogens with one attached hydrogen (secondary N) is 3. The highest BCUT2D eigenvalue weighted by Gasteiger charge is 2.18. The molecular formula is C14H17F2N3O2S. The van der Waals surface area contributed by atoms with E-state index in [1.165, 1.54) is 6.92 Å². The van der Waals surface area contributed by atoms with E-state index in [4.69, 9.17) is 0 Å². The van der Waals surface area contributed by atoms with E-state index in [0.717, 1.165) is 30.2 Å². The fourth-order valence-electron chi connectivity index (χ4n) is 2.12. The van der Waals surface area contributed by atoms with Gasteiger partial charge in [-0.2, -0.15) is 11.8 Å². The SMILES string of the molecule is CC(=O)Nc1cc(F)c(F)cc1NC(=O)CC1CSCCN1. The number of anilines is 2. The summed E-state index contributed by atoms with van der Waals surface area (Å²) in [6, 6.07) is 1.76. The Morgan fingerprint density at radius 3 is 2.45 bits per heavy atom. The summed E-state index contributed by atoms with van der Waals surface area (Å²) in [7, 11) is 0. The molecule has 8 heteroatoms. The molecule has 1 atom stereocenters. The molecule has 1 heterocycles. The van der Waals surface area contributed by atoms with Crippen LogP contribution in [0.15, 0.2) is 12.1 Å². The first kappa shape index (κ1) is 16.7. The monoisotopic (exact) mass is 329 g/mol. The van der Waals surface area contributed by atoms with Gasteiger partial charge in [0, 0.05) is 49.6 Å². The number of carbonyl (C=O) groups is 2. The molecule has 1 saturated heterocycles. The van der Waals surface area contributed by atoms with Gasteiger partial charge in [-0.25, -0.2) is 8.78 Å². The Kier molecular flexibility index (Phi) is 5.73. The van der Waals surface area contributed by atoms with E-state index in [1.807, 2.05) is 0 Å². The normalized spacial score (nSPS) is 17.9.